The zero-order valence-corrected chi connectivity index (χ0v) is 21.7. The molecule has 2 aliphatic carbocycles. The van der Waals surface area contributed by atoms with Crippen molar-refractivity contribution >= 4 is 11.0 Å². The molecule has 7 rings (SSSR count). The van der Waals surface area contributed by atoms with Crippen molar-refractivity contribution in [2.75, 3.05) is 0 Å². The molecule has 2 saturated heterocycles. The van der Waals surface area contributed by atoms with E-state index in [9.17, 15) is 9.59 Å². The van der Waals surface area contributed by atoms with Gasteiger partial charge in [0.25, 0.3) is 11.1 Å². The Bertz CT molecular complexity index is 1420. The van der Waals surface area contributed by atoms with Gasteiger partial charge in [0.2, 0.25) is 0 Å². The van der Waals surface area contributed by atoms with Gasteiger partial charge < -0.3 is 9.55 Å². The molecule has 0 amide bonds. The Labute approximate surface area is 217 Å². The number of H-pyrrole nitrogens is 1. The van der Waals surface area contributed by atoms with Crippen LogP contribution < -0.4 is 11.1 Å². The second-order valence-electron chi connectivity index (χ2n) is 12.3. The van der Waals surface area contributed by atoms with Crippen molar-refractivity contribution in [3.8, 4) is 11.4 Å². The zero-order valence-electron chi connectivity index (χ0n) is 21.7. The van der Waals surface area contributed by atoms with Crippen molar-refractivity contribution in [2.24, 2.45) is 17.8 Å². The molecular formula is C30H37N5O2. The SMILES string of the molecule is C[C@H]1CC[C@@H]2C[C@H](n3c(=O)c(-c4cncc(=O)[nH]4)nc4ccccc43)C[C@H]1N2C1C[C@H]2CCC[C@@H](C1)C2. The fourth-order valence-electron chi connectivity index (χ4n) is 8.55. The van der Waals surface area contributed by atoms with Crippen LogP contribution in [0.3, 0.4) is 0 Å². The lowest BCUT2D eigenvalue weighted by atomic mass is 9.67. The van der Waals surface area contributed by atoms with Gasteiger partial charge in [0, 0.05) is 24.2 Å². The summed E-state index contributed by atoms with van der Waals surface area (Å²) in [7, 11) is 0. The number of piperidine rings is 2. The van der Waals surface area contributed by atoms with Crippen LogP contribution >= 0.6 is 0 Å². The molecule has 1 N–H and O–H groups in total. The number of hydrogen-bond acceptors (Lipinski definition) is 5. The largest absolute Gasteiger partial charge is 0.318 e. The number of benzene rings is 1. The summed E-state index contributed by atoms with van der Waals surface area (Å²) in [4.78, 5) is 40.5. The number of nitrogens with zero attached hydrogens (tertiary/aromatic N) is 4. The number of hydrogen-bond donors (Lipinski definition) is 1. The third-order valence-corrected chi connectivity index (χ3v) is 10.1. The van der Waals surface area contributed by atoms with E-state index in [1.807, 2.05) is 28.8 Å². The van der Waals surface area contributed by atoms with Crippen LogP contribution in [0, 0.1) is 17.8 Å². The molecule has 7 atom stereocenters. The van der Waals surface area contributed by atoms with Crippen LogP contribution in [0.25, 0.3) is 22.4 Å². The Balaban J connectivity index is 1.28. The molecule has 1 aromatic carbocycles. The molecule has 0 spiro atoms. The van der Waals surface area contributed by atoms with Crippen molar-refractivity contribution in [1.82, 2.24) is 24.4 Å². The third kappa shape index (κ3) is 4.06. The summed E-state index contributed by atoms with van der Waals surface area (Å²) in [5, 5.41) is 0. The topological polar surface area (TPSA) is 83.9 Å². The quantitative estimate of drug-likeness (QED) is 0.553. The number of para-hydroxylation sites is 2. The molecule has 1 unspecified atom stereocenters. The summed E-state index contributed by atoms with van der Waals surface area (Å²) < 4.78 is 2.01. The van der Waals surface area contributed by atoms with Crippen LogP contribution in [0.5, 0.6) is 0 Å². The molecule has 4 bridgehead atoms. The van der Waals surface area contributed by atoms with Crippen molar-refractivity contribution in [1.29, 1.82) is 0 Å². The first kappa shape index (κ1) is 23.3. The molecule has 0 radical (unpaired) electrons. The number of rotatable bonds is 3. The second kappa shape index (κ2) is 9.19. The second-order valence-corrected chi connectivity index (χ2v) is 12.3. The minimum Gasteiger partial charge on any atom is -0.318 e. The van der Waals surface area contributed by atoms with E-state index in [1.54, 1.807) is 0 Å². The predicted molar refractivity (Wildman–Crippen MR) is 144 cm³/mol. The highest BCUT2D eigenvalue weighted by molar-refractivity contribution is 5.77. The van der Waals surface area contributed by atoms with Gasteiger partial charge in [-0.2, -0.15) is 0 Å². The van der Waals surface area contributed by atoms with Crippen LogP contribution in [-0.4, -0.2) is 42.5 Å². The fraction of sp³-hybridized carbons (Fsp3) is 0.600. The van der Waals surface area contributed by atoms with Gasteiger partial charge in [0.05, 0.1) is 29.1 Å². The predicted octanol–water partition coefficient (Wildman–Crippen LogP) is 4.92. The standard InChI is InChI=1S/C30H37N5O2/c1-18-9-10-21-14-23(15-27(18)34(21)22-12-19-5-4-6-20(11-19)13-22)35-26-8-3-2-7-24(26)33-29(30(35)37)25-16-31-17-28(36)32-25/h2-3,7-8,16-23,27H,4-6,9-15H2,1H3,(H,32,36)/t18-,19-,20+,21+,22?,23-,27+/m0/s1. The van der Waals surface area contributed by atoms with Gasteiger partial charge in [0.15, 0.2) is 5.69 Å². The lowest BCUT2D eigenvalue weighted by molar-refractivity contribution is -0.0693. The van der Waals surface area contributed by atoms with Crippen LogP contribution in [0.4, 0.5) is 0 Å². The van der Waals surface area contributed by atoms with Crippen LogP contribution in [0.1, 0.15) is 77.2 Å². The van der Waals surface area contributed by atoms with Gasteiger partial charge in [-0.05, 0) is 74.8 Å². The Morgan fingerprint density at radius 2 is 1.68 bits per heavy atom. The van der Waals surface area contributed by atoms with Gasteiger partial charge in [-0.25, -0.2) is 4.98 Å². The summed E-state index contributed by atoms with van der Waals surface area (Å²) in [5.74, 6) is 2.48. The first-order valence-corrected chi connectivity index (χ1v) is 14.4. The Kier molecular flexibility index (Phi) is 5.79. The molecular weight excluding hydrogens is 462 g/mol. The van der Waals surface area contributed by atoms with Crippen molar-refractivity contribution in [3.05, 3.63) is 57.4 Å². The number of aromatic amines is 1. The van der Waals surface area contributed by atoms with Crippen LogP contribution in [-0.2, 0) is 0 Å². The van der Waals surface area contributed by atoms with E-state index < -0.39 is 0 Å². The zero-order chi connectivity index (χ0) is 25.1. The number of nitrogens with one attached hydrogen (secondary N) is 1. The molecule has 2 aliphatic heterocycles. The minimum atomic E-state index is -0.327. The van der Waals surface area contributed by atoms with Crippen LogP contribution in [0.15, 0.2) is 46.2 Å². The maximum absolute atomic E-state index is 14.0. The van der Waals surface area contributed by atoms with Gasteiger partial charge >= 0.3 is 0 Å². The molecule has 2 saturated carbocycles. The van der Waals surface area contributed by atoms with Crippen molar-refractivity contribution < 1.29 is 0 Å². The molecule has 2 aromatic heterocycles. The lowest BCUT2D eigenvalue weighted by Crippen LogP contribution is -2.61. The van der Waals surface area contributed by atoms with Gasteiger partial charge in [-0.15, -0.1) is 0 Å². The van der Waals surface area contributed by atoms with E-state index in [0.717, 1.165) is 35.7 Å². The summed E-state index contributed by atoms with van der Waals surface area (Å²) >= 11 is 0. The van der Waals surface area contributed by atoms with E-state index in [2.05, 4.69) is 21.8 Å². The molecule has 3 aromatic rings. The summed E-state index contributed by atoms with van der Waals surface area (Å²) in [6.07, 6.45) is 15.7. The summed E-state index contributed by atoms with van der Waals surface area (Å²) in [6.45, 7) is 2.43. The Morgan fingerprint density at radius 1 is 0.865 bits per heavy atom. The minimum absolute atomic E-state index is 0.125. The first-order valence-electron chi connectivity index (χ1n) is 14.4. The van der Waals surface area contributed by atoms with Crippen LogP contribution in [0.2, 0.25) is 0 Å². The molecule has 4 fully saturated rings. The van der Waals surface area contributed by atoms with E-state index in [1.165, 1.54) is 63.8 Å². The van der Waals surface area contributed by atoms with Gasteiger partial charge in [0.1, 0.15) is 0 Å². The highest BCUT2D eigenvalue weighted by atomic mass is 16.1. The normalized spacial score (nSPS) is 33.9. The monoisotopic (exact) mass is 499 g/mol. The molecule has 7 heteroatoms. The van der Waals surface area contributed by atoms with E-state index in [4.69, 9.17) is 4.98 Å². The lowest BCUT2D eigenvalue weighted by Gasteiger charge is -2.57. The van der Waals surface area contributed by atoms with Crippen molar-refractivity contribution in [3.63, 3.8) is 0 Å². The number of fused-ring (bicyclic) bond motifs is 5. The molecule has 4 heterocycles. The smallest absolute Gasteiger partial charge is 0.279 e. The average Bonchev–Trinajstić information content (AvgIpc) is 2.90. The highest BCUT2D eigenvalue weighted by Crippen LogP contribution is 2.48. The summed E-state index contributed by atoms with van der Waals surface area (Å²) in [5.41, 5.74) is 1.88. The molecule has 37 heavy (non-hydrogen) atoms. The summed E-state index contributed by atoms with van der Waals surface area (Å²) in [6, 6.07) is 9.82. The fourth-order valence-corrected chi connectivity index (χ4v) is 8.55. The van der Waals surface area contributed by atoms with Gasteiger partial charge in [-0.1, -0.05) is 38.3 Å². The molecule has 7 nitrogen and oxygen atoms in total. The maximum atomic E-state index is 14.0. The Hall–Kier alpha value is -2.80. The van der Waals surface area contributed by atoms with E-state index in [0.29, 0.717) is 29.7 Å². The Morgan fingerprint density at radius 3 is 2.49 bits per heavy atom. The van der Waals surface area contributed by atoms with E-state index in [-0.39, 0.29) is 22.9 Å². The highest BCUT2D eigenvalue weighted by Gasteiger charge is 2.47. The van der Waals surface area contributed by atoms with Gasteiger partial charge in [-0.3, -0.25) is 19.5 Å². The average molecular weight is 500 g/mol. The van der Waals surface area contributed by atoms with Crippen molar-refractivity contribution in [2.45, 2.75) is 95.3 Å². The van der Waals surface area contributed by atoms with E-state index >= 15 is 0 Å². The molecule has 4 aliphatic rings. The third-order valence-electron chi connectivity index (χ3n) is 10.1. The maximum Gasteiger partial charge on any atom is 0.279 e. The number of aromatic nitrogens is 4. The molecule has 194 valence electrons. The first-order chi connectivity index (χ1) is 18.0.